The summed E-state index contributed by atoms with van der Waals surface area (Å²) in [6.45, 7) is 1.59. The quantitative estimate of drug-likeness (QED) is 0.661. The lowest BCUT2D eigenvalue weighted by Crippen LogP contribution is -2.02. The summed E-state index contributed by atoms with van der Waals surface area (Å²) in [6.07, 6.45) is 2.45. The van der Waals surface area contributed by atoms with Crippen LogP contribution in [0.1, 0.15) is 11.3 Å². The van der Waals surface area contributed by atoms with Crippen molar-refractivity contribution in [3.63, 3.8) is 0 Å². The topological polar surface area (TPSA) is 70.8 Å². The van der Waals surface area contributed by atoms with E-state index >= 15 is 0 Å². The van der Waals surface area contributed by atoms with Crippen molar-refractivity contribution in [1.29, 1.82) is 5.26 Å². The third-order valence-electron chi connectivity index (χ3n) is 1.57. The first kappa shape index (κ1) is 9.68. The minimum Gasteiger partial charge on any atom is -0.259 e. The molecule has 1 rings (SSSR count). The number of nitrogens with zero attached hydrogens (tertiary/aromatic N) is 2. The molecule has 0 fully saturated rings. The summed E-state index contributed by atoms with van der Waals surface area (Å²) in [5.74, 6) is 0. The highest BCUT2D eigenvalue weighted by Crippen LogP contribution is 2.13. The van der Waals surface area contributed by atoms with E-state index in [-0.39, 0.29) is 10.5 Å². The van der Waals surface area contributed by atoms with Gasteiger partial charge in [0.05, 0.1) is 16.2 Å². The van der Waals surface area contributed by atoms with E-state index in [1.54, 1.807) is 6.92 Å². The summed E-state index contributed by atoms with van der Waals surface area (Å²) in [4.78, 5) is 3.93. The van der Waals surface area contributed by atoms with Crippen LogP contribution in [0, 0.1) is 18.3 Å². The molecule has 1 aromatic rings. The average molecular weight is 196 g/mol. The molecule has 0 aromatic carbocycles. The molecule has 0 saturated carbocycles. The number of aromatic nitrogens is 1. The van der Waals surface area contributed by atoms with E-state index in [0.717, 1.165) is 6.26 Å². The number of hydrogen-bond donors (Lipinski definition) is 0. The highest BCUT2D eigenvalue weighted by Gasteiger charge is 2.12. The number of aryl methyl sites for hydroxylation is 1. The fourth-order valence-corrected chi connectivity index (χ4v) is 1.88. The highest BCUT2D eigenvalue weighted by atomic mass is 32.2. The minimum absolute atomic E-state index is 0.117. The standard InChI is InChI=1S/C8H8N2O2S/c1-6-8(13(2,11)12)3-7(4-9)5-10-6/h3,5H,1-2H3. The maximum atomic E-state index is 11.2. The molecule has 0 radical (unpaired) electrons. The molecule has 0 N–H and O–H groups in total. The Morgan fingerprint density at radius 2 is 2.15 bits per heavy atom. The molecule has 0 aliphatic heterocycles. The fraction of sp³-hybridized carbons (Fsp3) is 0.250. The summed E-state index contributed by atoms with van der Waals surface area (Å²) in [7, 11) is -3.28. The molecule has 1 aromatic heterocycles. The van der Waals surface area contributed by atoms with Crippen LogP contribution in [0.15, 0.2) is 17.2 Å². The van der Waals surface area contributed by atoms with E-state index in [1.165, 1.54) is 12.3 Å². The number of nitriles is 1. The summed E-state index contributed by atoms with van der Waals surface area (Å²) in [6, 6.07) is 3.17. The Kier molecular flexibility index (Phi) is 2.34. The molecule has 13 heavy (non-hydrogen) atoms. The molecular formula is C8H8N2O2S. The van der Waals surface area contributed by atoms with Crippen molar-refractivity contribution in [1.82, 2.24) is 4.98 Å². The van der Waals surface area contributed by atoms with E-state index < -0.39 is 9.84 Å². The third-order valence-corrected chi connectivity index (χ3v) is 2.78. The number of sulfone groups is 1. The largest absolute Gasteiger partial charge is 0.259 e. The van der Waals surface area contributed by atoms with Gasteiger partial charge in [-0.15, -0.1) is 0 Å². The van der Waals surface area contributed by atoms with Crippen LogP contribution in [0.5, 0.6) is 0 Å². The molecule has 1 heterocycles. The van der Waals surface area contributed by atoms with Gasteiger partial charge in [-0.25, -0.2) is 8.42 Å². The second-order valence-electron chi connectivity index (χ2n) is 2.69. The summed E-state index contributed by atoms with van der Waals surface area (Å²) in [5, 5.41) is 8.53. The third kappa shape index (κ3) is 2.04. The predicted molar refractivity (Wildman–Crippen MR) is 46.8 cm³/mol. The Labute approximate surface area is 76.8 Å². The molecule has 0 aliphatic carbocycles. The van der Waals surface area contributed by atoms with Gasteiger partial charge in [-0.05, 0) is 13.0 Å². The van der Waals surface area contributed by atoms with Gasteiger partial charge in [0.25, 0.3) is 0 Å². The molecule has 0 unspecified atom stereocenters. The fourth-order valence-electron chi connectivity index (χ4n) is 0.949. The Hall–Kier alpha value is -1.41. The van der Waals surface area contributed by atoms with Crippen molar-refractivity contribution >= 4 is 9.84 Å². The van der Waals surface area contributed by atoms with Gasteiger partial charge in [0.2, 0.25) is 0 Å². The van der Waals surface area contributed by atoms with E-state index in [4.69, 9.17) is 5.26 Å². The second-order valence-corrected chi connectivity index (χ2v) is 4.68. The maximum Gasteiger partial charge on any atom is 0.177 e. The maximum absolute atomic E-state index is 11.2. The van der Waals surface area contributed by atoms with Gasteiger partial charge in [-0.1, -0.05) is 0 Å². The van der Waals surface area contributed by atoms with Gasteiger partial charge in [-0.3, -0.25) is 4.98 Å². The van der Waals surface area contributed by atoms with Gasteiger partial charge in [0.15, 0.2) is 9.84 Å². The Bertz CT molecular complexity index is 471. The van der Waals surface area contributed by atoms with Crippen LogP contribution in [0.3, 0.4) is 0 Å². The van der Waals surface area contributed by atoms with Gasteiger partial charge in [0.1, 0.15) is 6.07 Å². The number of rotatable bonds is 1. The smallest absolute Gasteiger partial charge is 0.177 e. The van der Waals surface area contributed by atoms with Gasteiger partial charge >= 0.3 is 0 Å². The Morgan fingerprint density at radius 1 is 1.54 bits per heavy atom. The van der Waals surface area contributed by atoms with E-state index in [9.17, 15) is 8.42 Å². The first-order chi connectivity index (χ1) is 5.95. The van der Waals surface area contributed by atoms with Crippen LogP contribution < -0.4 is 0 Å². The van der Waals surface area contributed by atoms with Crippen molar-refractivity contribution in [2.75, 3.05) is 6.26 Å². The van der Waals surface area contributed by atoms with Crippen LogP contribution >= 0.6 is 0 Å². The molecule has 0 spiro atoms. The molecule has 0 aliphatic rings. The lowest BCUT2D eigenvalue weighted by molar-refractivity contribution is 0.600. The molecule has 0 bridgehead atoms. The second kappa shape index (κ2) is 3.15. The van der Waals surface area contributed by atoms with Crippen LogP contribution in [0.25, 0.3) is 0 Å². The lowest BCUT2D eigenvalue weighted by Gasteiger charge is -2.01. The van der Waals surface area contributed by atoms with Crippen LogP contribution in [0.2, 0.25) is 0 Å². The van der Waals surface area contributed by atoms with Crippen molar-refractivity contribution in [2.24, 2.45) is 0 Å². The molecule has 0 atom stereocenters. The lowest BCUT2D eigenvalue weighted by atomic mass is 10.3. The molecule has 4 nitrogen and oxygen atoms in total. The van der Waals surface area contributed by atoms with Crippen molar-refractivity contribution in [2.45, 2.75) is 11.8 Å². The van der Waals surface area contributed by atoms with E-state index in [0.29, 0.717) is 5.69 Å². The van der Waals surface area contributed by atoms with E-state index in [2.05, 4.69) is 4.98 Å². The zero-order valence-corrected chi connectivity index (χ0v) is 8.09. The van der Waals surface area contributed by atoms with Crippen molar-refractivity contribution < 1.29 is 8.42 Å². The van der Waals surface area contributed by atoms with Crippen molar-refractivity contribution in [3.8, 4) is 6.07 Å². The SMILES string of the molecule is Cc1ncc(C#N)cc1S(C)(=O)=O. The van der Waals surface area contributed by atoms with Crippen LogP contribution in [-0.4, -0.2) is 19.7 Å². The Balaban J connectivity index is 3.47. The first-order valence-corrected chi connectivity index (χ1v) is 5.41. The molecule has 5 heteroatoms. The van der Waals surface area contributed by atoms with Gasteiger partial charge in [-0.2, -0.15) is 5.26 Å². The predicted octanol–water partition coefficient (Wildman–Crippen LogP) is 0.665. The molecule has 0 amide bonds. The molecular weight excluding hydrogens is 188 g/mol. The summed E-state index contributed by atoms with van der Waals surface area (Å²) < 4.78 is 22.3. The summed E-state index contributed by atoms with van der Waals surface area (Å²) in [5.41, 5.74) is 0.674. The summed E-state index contributed by atoms with van der Waals surface area (Å²) >= 11 is 0. The normalized spacial score (nSPS) is 10.8. The van der Waals surface area contributed by atoms with Crippen LogP contribution in [0.4, 0.5) is 0 Å². The zero-order chi connectivity index (χ0) is 10.1. The average Bonchev–Trinajstić information content (AvgIpc) is 2.03. The molecule has 68 valence electrons. The van der Waals surface area contributed by atoms with E-state index in [1.807, 2.05) is 6.07 Å². The highest BCUT2D eigenvalue weighted by molar-refractivity contribution is 7.90. The van der Waals surface area contributed by atoms with Gasteiger partial charge in [0, 0.05) is 12.5 Å². The monoisotopic (exact) mass is 196 g/mol. The van der Waals surface area contributed by atoms with Gasteiger partial charge < -0.3 is 0 Å². The number of hydrogen-bond acceptors (Lipinski definition) is 4. The molecule has 0 saturated heterocycles. The van der Waals surface area contributed by atoms with Crippen molar-refractivity contribution in [3.05, 3.63) is 23.5 Å². The number of pyridine rings is 1. The first-order valence-electron chi connectivity index (χ1n) is 3.52. The minimum atomic E-state index is -3.28. The zero-order valence-electron chi connectivity index (χ0n) is 7.27. The Morgan fingerprint density at radius 3 is 2.62 bits per heavy atom. The van der Waals surface area contributed by atoms with Crippen LogP contribution in [-0.2, 0) is 9.84 Å².